The van der Waals surface area contributed by atoms with Gasteiger partial charge in [-0.3, -0.25) is 10.1 Å². The highest BCUT2D eigenvalue weighted by Gasteiger charge is 2.34. The molecule has 3 N–H and O–H groups in total. The number of halogens is 3. The average Bonchev–Trinajstić information content (AvgIpc) is 2.73. The van der Waals surface area contributed by atoms with Gasteiger partial charge in [-0.1, -0.05) is 0 Å². The standard InChI is InChI=1S/C11H14F3N3O3S/c1-10(2,4-3-7(18)19)17-8(20)16-9-15-6(5-21-9)11(12,13)14/h5H,3-4H2,1-2H3,(H,18,19)(H2,15,16,17,20). The molecule has 0 saturated carbocycles. The summed E-state index contributed by atoms with van der Waals surface area (Å²) in [6, 6.07) is -0.742. The number of carboxylic acid groups (broad SMARTS) is 1. The minimum atomic E-state index is -4.56. The highest BCUT2D eigenvalue weighted by molar-refractivity contribution is 7.13. The molecule has 1 heterocycles. The number of carbonyl (C=O) groups is 2. The number of nitrogens with one attached hydrogen (secondary N) is 2. The SMILES string of the molecule is CC(C)(CCC(=O)O)NC(=O)Nc1nc(C(F)(F)F)cs1. The molecule has 1 aromatic rings. The second-order valence-corrected chi connectivity index (χ2v) is 5.75. The second kappa shape index (κ2) is 6.29. The van der Waals surface area contributed by atoms with Gasteiger partial charge in [-0.2, -0.15) is 13.2 Å². The molecular weight excluding hydrogens is 311 g/mol. The lowest BCUT2D eigenvalue weighted by atomic mass is 9.99. The van der Waals surface area contributed by atoms with Crippen molar-refractivity contribution >= 4 is 28.5 Å². The molecule has 0 aromatic carbocycles. The first-order valence-corrected chi connectivity index (χ1v) is 6.71. The molecule has 1 aromatic heterocycles. The number of hydrogen-bond acceptors (Lipinski definition) is 4. The number of carboxylic acids is 1. The minimum Gasteiger partial charge on any atom is -0.481 e. The van der Waals surface area contributed by atoms with Gasteiger partial charge in [0.25, 0.3) is 0 Å². The van der Waals surface area contributed by atoms with E-state index >= 15 is 0 Å². The van der Waals surface area contributed by atoms with Crippen LogP contribution in [0.2, 0.25) is 0 Å². The maximum Gasteiger partial charge on any atom is 0.434 e. The van der Waals surface area contributed by atoms with Crippen LogP contribution >= 0.6 is 11.3 Å². The van der Waals surface area contributed by atoms with Crippen molar-refractivity contribution in [3.05, 3.63) is 11.1 Å². The van der Waals surface area contributed by atoms with Crippen molar-refractivity contribution in [3.8, 4) is 0 Å². The van der Waals surface area contributed by atoms with Crippen LogP contribution in [0.3, 0.4) is 0 Å². The van der Waals surface area contributed by atoms with E-state index in [1.165, 1.54) is 0 Å². The smallest absolute Gasteiger partial charge is 0.434 e. The summed E-state index contributed by atoms with van der Waals surface area (Å²) in [6.45, 7) is 3.22. The molecule has 1 rings (SSSR count). The van der Waals surface area contributed by atoms with Crippen molar-refractivity contribution in [2.75, 3.05) is 5.32 Å². The van der Waals surface area contributed by atoms with Gasteiger partial charge in [0.2, 0.25) is 0 Å². The summed E-state index contributed by atoms with van der Waals surface area (Å²) in [5, 5.41) is 13.9. The zero-order chi connectivity index (χ0) is 16.3. The fourth-order valence-electron chi connectivity index (χ4n) is 1.38. The van der Waals surface area contributed by atoms with E-state index in [1.54, 1.807) is 13.8 Å². The molecule has 0 aliphatic heterocycles. The summed E-state index contributed by atoms with van der Waals surface area (Å²) in [5.41, 5.74) is -1.89. The number of thiazole rings is 1. The molecule has 0 saturated heterocycles. The summed E-state index contributed by atoms with van der Waals surface area (Å²) in [5.74, 6) is -1.000. The van der Waals surface area contributed by atoms with Gasteiger partial charge in [0.1, 0.15) is 0 Å². The zero-order valence-electron chi connectivity index (χ0n) is 11.2. The molecule has 2 amide bonds. The zero-order valence-corrected chi connectivity index (χ0v) is 12.1. The van der Waals surface area contributed by atoms with Gasteiger partial charge in [-0.25, -0.2) is 9.78 Å². The van der Waals surface area contributed by atoms with Crippen LogP contribution in [0.5, 0.6) is 0 Å². The predicted octanol–water partition coefficient (Wildman–Crippen LogP) is 2.93. The number of rotatable bonds is 5. The third kappa shape index (κ3) is 5.98. The Kier molecular flexibility index (Phi) is 5.15. The Morgan fingerprint density at radius 3 is 2.48 bits per heavy atom. The van der Waals surface area contributed by atoms with Gasteiger partial charge >= 0.3 is 18.2 Å². The van der Waals surface area contributed by atoms with Crippen LogP contribution in [-0.4, -0.2) is 27.6 Å². The van der Waals surface area contributed by atoms with Gasteiger partial charge < -0.3 is 10.4 Å². The van der Waals surface area contributed by atoms with Crippen molar-refractivity contribution in [1.82, 2.24) is 10.3 Å². The summed E-state index contributed by atoms with van der Waals surface area (Å²) >= 11 is 0.652. The van der Waals surface area contributed by atoms with E-state index in [1.807, 2.05) is 0 Å². The van der Waals surface area contributed by atoms with Gasteiger partial charge in [-0.05, 0) is 20.3 Å². The van der Waals surface area contributed by atoms with E-state index in [0.29, 0.717) is 11.3 Å². The third-order valence-electron chi connectivity index (χ3n) is 2.43. The molecule has 0 fully saturated rings. The average molecular weight is 325 g/mol. The Morgan fingerprint density at radius 1 is 1.38 bits per heavy atom. The third-order valence-corrected chi connectivity index (χ3v) is 3.19. The number of anilines is 1. The Labute approximate surface area is 122 Å². The Balaban J connectivity index is 2.57. The van der Waals surface area contributed by atoms with Crippen molar-refractivity contribution in [3.63, 3.8) is 0 Å². The molecule has 10 heteroatoms. The van der Waals surface area contributed by atoms with Crippen LogP contribution in [-0.2, 0) is 11.0 Å². The monoisotopic (exact) mass is 325 g/mol. The first-order chi connectivity index (χ1) is 9.49. The van der Waals surface area contributed by atoms with Gasteiger partial charge in [0.15, 0.2) is 10.8 Å². The van der Waals surface area contributed by atoms with Gasteiger partial charge in [0.05, 0.1) is 0 Å². The van der Waals surface area contributed by atoms with Gasteiger partial charge in [-0.15, -0.1) is 11.3 Å². The summed E-state index contributed by atoms with van der Waals surface area (Å²) in [7, 11) is 0. The topological polar surface area (TPSA) is 91.3 Å². The Hall–Kier alpha value is -1.84. The number of aromatic nitrogens is 1. The number of hydrogen-bond donors (Lipinski definition) is 3. The molecule has 6 nitrogen and oxygen atoms in total. The number of aliphatic carboxylic acids is 1. The van der Waals surface area contributed by atoms with Crippen molar-refractivity contribution < 1.29 is 27.9 Å². The molecule has 0 radical (unpaired) electrons. The summed E-state index contributed by atoms with van der Waals surface area (Å²) < 4.78 is 37.0. The number of urea groups is 1. The van der Waals surface area contributed by atoms with E-state index in [0.717, 1.165) is 5.38 Å². The van der Waals surface area contributed by atoms with Crippen LogP contribution in [0.4, 0.5) is 23.1 Å². The van der Waals surface area contributed by atoms with Crippen molar-refractivity contribution in [1.29, 1.82) is 0 Å². The van der Waals surface area contributed by atoms with Crippen LogP contribution in [0.25, 0.3) is 0 Å². The predicted molar refractivity (Wildman–Crippen MR) is 70.2 cm³/mol. The molecule has 0 atom stereocenters. The first-order valence-electron chi connectivity index (χ1n) is 5.83. The Morgan fingerprint density at radius 2 is 2.00 bits per heavy atom. The normalized spacial score (nSPS) is 12.0. The molecular formula is C11H14F3N3O3S. The second-order valence-electron chi connectivity index (χ2n) is 4.89. The molecule has 0 aliphatic rings. The van der Waals surface area contributed by atoms with E-state index in [9.17, 15) is 22.8 Å². The van der Waals surface area contributed by atoms with Crippen LogP contribution in [0, 0.1) is 0 Å². The van der Waals surface area contributed by atoms with Crippen LogP contribution in [0.15, 0.2) is 5.38 Å². The molecule has 0 bridgehead atoms. The molecule has 118 valence electrons. The largest absolute Gasteiger partial charge is 0.481 e. The molecule has 0 aliphatic carbocycles. The maximum absolute atomic E-state index is 12.3. The van der Waals surface area contributed by atoms with E-state index in [2.05, 4.69) is 15.6 Å². The highest BCUT2D eigenvalue weighted by atomic mass is 32.1. The number of amides is 2. The van der Waals surface area contributed by atoms with Gasteiger partial charge in [0, 0.05) is 17.3 Å². The lowest BCUT2D eigenvalue weighted by Gasteiger charge is -2.25. The fraction of sp³-hybridized carbons (Fsp3) is 0.545. The fourth-order valence-corrected chi connectivity index (χ4v) is 2.09. The van der Waals surface area contributed by atoms with E-state index in [-0.39, 0.29) is 18.0 Å². The van der Waals surface area contributed by atoms with Crippen LogP contribution in [0.1, 0.15) is 32.4 Å². The maximum atomic E-state index is 12.3. The lowest BCUT2D eigenvalue weighted by molar-refractivity contribution is -0.140. The highest BCUT2D eigenvalue weighted by Crippen LogP contribution is 2.31. The number of nitrogens with zero attached hydrogens (tertiary/aromatic N) is 1. The number of alkyl halides is 3. The van der Waals surface area contributed by atoms with E-state index in [4.69, 9.17) is 5.11 Å². The number of carbonyl (C=O) groups excluding carboxylic acids is 1. The quantitative estimate of drug-likeness (QED) is 0.776. The molecule has 21 heavy (non-hydrogen) atoms. The molecule has 0 spiro atoms. The summed E-state index contributed by atoms with van der Waals surface area (Å²) in [6.07, 6.45) is -4.52. The summed E-state index contributed by atoms with van der Waals surface area (Å²) in [4.78, 5) is 25.4. The molecule has 0 unspecified atom stereocenters. The Bertz CT molecular complexity index is 528. The van der Waals surface area contributed by atoms with Crippen LogP contribution < -0.4 is 10.6 Å². The van der Waals surface area contributed by atoms with Crippen molar-refractivity contribution in [2.45, 2.75) is 38.4 Å². The van der Waals surface area contributed by atoms with E-state index < -0.39 is 29.4 Å². The minimum absolute atomic E-state index is 0.136. The first kappa shape index (κ1) is 17.2. The lowest BCUT2D eigenvalue weighted by Crippen LogP contribution is -2.45. The van der Waals surface area contributed by atoms with Crippen molar-refractivity contribution in [2.24, 2.45) is 0 Å².